The largest absolute Gasteiger partial charge is 0.405 e. The number of amides is 2. The highest BCUT2D eigenvalue weighted by atomic mass is 19.4. The summed E-state index contributed by atoms with van der Waals surface area (Å²) in [6.45, 7) is 3.26. The van der Waals surface area contributed by atoms with E-state index in [0.717, 1.165) is 32.2 Å². The van der Waals surface area contributed by atoms with E-state index in [4.69, 9.17) is 0 Å². The number of likely N-dealkylation sites (tertiary alicyclic amines) is 2. The third-order valence-corrected chi connectivity index (χ3v) is 4.83. The predicted molar refractivity (Wildman–Crippen MR) is 78.7 cm³/mol. The van der Waals surface area contributed by atoms with Crippen molar-refractivity contribution < 1.29 is 22.8 Å². The molecule has 3 atom stereocenters. The fraction of sp³-hybridized carbons (Fsp3) is 0.867. The molecule has 8 heteroatoms. The van der Waals surface area contributed by atoms with E-state index in [1.807, 2.05) is 15.1 Å². The molecule has 2 saturated heterocycles. The van der Waals surface area contributed by atoms with Gasteiger partial charge in [0.2, 0.25) is 11.8 Å². The number of nitrogens with zero attached hydrogens (tertiary/aromatic N) is 2. The zero-order valence-corrected chi connectivity index (χ0v) is 13.5. The van der Waals surface area contributed by atoms with Gasteiger partial charge in [-0.3, -0.25) is 14.5 Å². The van der Waals surface area contributed by atoms with Gasteiger partial charge in [-0.1, -0.05) is 0 Å². The van der Waals surface area contributed by atoms with Gasteiger partial charge in [-0.2, -0.15) is 13.2 Å². The maximum absolute atomic E-state index is 12.2. The Hall–Kier alpha value is -1.31. The van der Waals surface area contributed by atoms with Gasteiger partial charge >= 0.3 is 6.18 Å². The molecule has 0 aliphatic carbocycles. The molecule has 2 heterocycles. The maximum atomic E-state index is 12.2. The van der Waals surface area contributed by atoms with Crippen molar-refractivity contribution >= 4 is 11.8 Å². The van der Waals surface area contributed by atoms with Crippen molar-refractivity contribution in [2.75, 3.05) is 19.6 Å². The van der Waals surface area contributed by atoms with Crippen LogP contribution in [0.1, 0.15) is 39.5 Å². The Morgan fingerprint density at radius 2 is 1.78 bits per heavy atom. The van der Waals surface area contributed by atoms with Gasteiger partial charge in [-0.15, -0.1) is 0 Å². The highest BCUT2D eigenvalue weighted by Crippen LogP contribution is 2.31. The molecule has 0 unspecified atom stereocenters. The van der Waals surface area contributed by atoms with Gasteiger partial charge in [-0.05, 0) is 39.2 Å². The van der Waals surface area contributed by atoms with Crippen LogP contribution in [0.2, 0.25) is 0 Å². The number of nitrogens with one attached hydrogen (secondary N) is 1. The van der Waals surface area contributed by atoms with Crippen molar-refractivity contribution in [1.82, 2.24) is 15.1 Å². The van der Waals surface area contributed by atoms with E-state index in [2.05, 4.69) is 0 Å². The van der Waals surface area contributed by atoms with Crippen LogP contribution < -0.4 is 5.32 Å². The Labute approximate surface area is 134 Å². The Morgan fingerprint density at radius 3 is 2.39 bits per heavy atom. The molecule has 2 rings (SSSR count). The minimum Gasteiger partial charge on any atom is -0.346 e. The molecule has 5 nitrogen and oxygen atoms in total. The SMILES string of the molecule is CC(=O)N1CCC[C@@H]1[C@@H]1CCCN1[C@H](C)C(=O)NCC(F)(F)F. The molecule has 2 aliphatic heterocycles. The molecule has 132 valence electrons. The molecule has 0 aromatic carbocycles. The molecule has 2 aliphatic rings. The highest BCUT2D eigenvalue weighted by Gasteiger charge is 2.42. The lowest BCUT2D eigenvalue weighted by molar-refractivity contribution is -0.142. The summed E-state index contributed by atoms with van der Waals surface area (Å²) in [4.78, 5) is 27.6. The molecule has 0 spiro atoms. The summed E-state index contributed by atoms with van der Waals surface area (Å²) >= 11 is 0. The topological polar surface area (TPSA) is 52.7 Å². The Kier molecular flexibility index (Phi) is 5.54. The van der Waals surface area contributed by atoms with Crippen LogP contribution in [0, 0.1) is 0 Å². The number of carbonyl (C=O) groups is 2. The van der Waals surface area contributed by atoms with Crippen LogP contribution in [0.15, 0.2) is 0 Å². The summed E-state index contributed by atoms with van der Waals surface area (Å²) in [6.07, 6.45) is -0.827. The Morgan fingerprint density at radius 1 is 1.17 bits per heavy atom. The monoisotopic (exact) mass is 335 g/mol. The molecule has 23 heavy (non-hydrogen) atoms. The number of hydrogen-bond donors (Lipinski definition) is 1. The lowest BCUT2D eigenvalue weighted by Gasteiger charge is -2.37. The van der Waals surface area contributed by atoms with Gasteiger partial charge in [0.1, 0.15) is 6.54 Å². The average Bonchev–Trinajstić information content (AvgIpc) is 3.10. The maximum Gasteiger partial charge on any atom is 0.405 e. The van der Waals surface area contributed by atoms with E-state index < -0.39 is 24.7 Å². The molecule has 1 N–H and O–H groups in total. The van der Waals surface area contributed by atoms with Gasteiger partial charge in [-0.25, -0.2) is 0 Å². The minimum absolute atomic E-state index is 0.0218. The summed E-state index contributed by atoms with van der Waals surface area (Å²) in [5.74, 6) is -0.588. The first kappa shape index (κ1) is 18.0. The minimum atomic E-state index is -4.41. The van der Waals surface area contributed by atoms with Crippen molar-refractivity contribution in [1.29, 1.82) is 0 Å². The van der Waals surface area contributed by atoms with Crippen LogP contribution in [0.3, 0.4) is 0 Å². The summed E-state index contributed by atoms with van der Waals surface area (Å²) in [5.41, 5.74) is 0. The fourth-order valence-corrected chi connectivity index (χ4v) is 3.78. The van der Waals surface area contributed by atoms with Crippen LogP contribution in [0.25, 0.3) is 0 Å². The smallest absolute Gasteiger partial charge is 0.346 e. The lowest BCUT2D eigenvalue weighted by Crippen LogP contribution is -2.54. The van der Waals surface area contributed by atoms with Crippen molar-refractivity contribution in [2.45, 2.75) is 63.8 Å². The number of alkyl halides is 3. The number of carbonyl (C=O) groups excluding carboxylic acids is 2. The first-order valence-electron chi connectivity index (χ1n) is 8.08. The predicted octanol–water partition coefficient (Wildman–Crippen LogP) is 1.53. The number of hydrogen-bond acceptors (Lipinski definition) is 3. The second-order valence-electron chi connectivity index (χ2n) is 6.38. The summed E-state index contributed by atoms with van der Waals surface area (Å²) < 4.78 is 36.7. The van der Waals surface area contributed by atoms with Gasteiger partial charge in [0.05, 0.1) is 6.04 Å². The standard InChI is InChI=1S/C15H24F3N3O2/c1-10(14(23)19-9-15(16,17)18)20-7-3-5-12(20)13-6-4-8-21(13)11(2)22/h10,12-13H,3-9H2,1-2H3,(H,19,23)/t10-,12+,13-/m1/s1. The van der Waals surface area contributed by atoms with E-state index in [-0.39, 0.29) is 18.0 Å². The zero-order chi connectivity index (χ0) is 17.2. The van der Waals surface area contributed by atoms with Crippen LogP contribution in [-0.4, -0.2) is 65.6 Å². The molecule has 2 amide bonds. The molecule has 0 saturated carbocycles. The van der Waals surface area contributed by atoms with Crippen LogP contribution >= 0.6 is 0 Å². The van der Waals surface area contributed by atoms with Gasteiger partial charge in [0.25, 0.3) is 0 Å². The van der Waals surface area contributed by atoms with Gasteiger partial charge in [0.15, 0.2) is 0 Å². The zero-order valence-electron chi connectivity index (χ0n) is 13.5. The van der Waals surface area contributed by atoms with E-state index in [9.17, 15) is 22.8 Å². The number of rotatable bonds is 4. The Balaban J connectivity index is 2.00. The van der Waals surface area contributed by atoms with E-state index in [1.54, 1.807) is 6.92 Å². The van der Waals surface area contributed by atoms with Gasteiger partial charge in [0, 0.05) is 25.6 Å². The molecule has 2 fully saturated rings. The first-order valence-corrected chi connectivity index (χ1v) is 8.08. The third kappa shape index (κ3) is 4.37. The van der Waals surface area contributed by atoms with Crippen molar-refractivity contribution in [2.24, 2.45) is 0 Å². The van der Waals surface area contributed by atoms with Crippen LogP contribution in [0.4, 0.5) is 13.2 Å². The van der Waals surface area contributed by atoms with Crippen molar-refractivity contribution in [3.05, 3.63) is 0 Å². The van der Waals surface area contributed by atoms with Crippen LogP contribution in [0.5, 0.6) is 0 Å². The van der Waals surface area contributed by atoms with E-state index in [1.165, 1.54) is 6.92 Å². The lowest BCUT2D eigenvalue weighted by atomic mass is 10.0. The normalized spacial score (nSPS) is 27.3. The third-order valence-electron chi connectivity index (χ3n) is 4.83. The summed E-state index contributed by atoms with van der Waals surface area (Å²) in [5, 5.41) is 1.96. The molecule has 0 radical (unpaired) electrons. The quantitative estimate of drug-likeness (QED) is 0.848. The first-order chi connectivity index (χ1) is 10.7. The Bertz CT molecular complexity index is 456. The fourth-order valence-electron chi connectivity index (χ4n) is 3.78. The summed E-state index contributed by atoms with van der Waals surface area (Å²) in [7, 11) is 0. The molecule has 0 bridgehead atoms. The second kappa shape index (κ2) is 7.07. The molecule has 0 aromatic rings. The van der Waals surface area contributed by atoms with Gasteiger partial charge < -0.3 is 10.2 Å². The van der Waals surface area contributed by atoms with Crippen LogP contribution in [-0.2, 0) is 9.59 Å². The van der Waals surface area contributed by atoms with Crippen molar-refractivity contribution in [3.63, 3.8) is 0 Å². The average molecular weight is 335 g/mol. The van der Waals surface area contributed by atoms with E-state index in [0.29, 0.717) is 6.54 Å². The molecule has 0 aromatic heterocycles. The summed E-state index contributed by atoms with van der Waals surface area (Å²) in [6, 6.07) is -0.514. The molecular formula is C15H24F3N3O2. The molecular weight excluding hydrogens is 311 g/mol. The number of halogens is 3. The van der Waals surface area contributed by atoms with E-state index >= 15 is 0 Å². The van der Waals surface area contributed by atoms with Crippen molar-refractivity contribution in [3.8, 4) is 0 Å². The highest BCUT2D eigenvalue weighted by molar-refractivity contribution is 5.81. The second-order valence-corrected chi connectivity index (χ2v) is 6.38.